The molecule has 190 valence electrons. The maximum absolute atomic E-state index is 12.0. The van der Waals surface area contributed by atoms with E-state index in [4.69, 9.17) is 4.74 Å². The van der Waals surface area contributed by atoms with Crippen LogP contribution < -0.4 is 15.5 Å². The van der Waals surface area contributed by atoms with Crippen LogP contribution in [0.5, 0.6) is 0 Å². The fourth-order valence-electron chi connectivity index (χ4n) is 3.96. The van der Waals surface area contributed by atoms with Crippen molar-refractivity contribution in [2.45, 2.75) is 39.8 Å². The smallest absolute Gasteiger partial charge is 0.407 e. The van der Waals surface area contributed by atoms with Crippen molar-refractivity contribution >= 4 is 23.4 Å². The Morgan fingerprint density at radius 1 is 1.00 bits per heavy atom. The van der Waals surface area contributed by atoms with Gasteiger partial charge < -0.3 is 25.2 Å². The lowest BCUT2D eigenvalue weighted by atomic mass is 10.0. The number of piperazine rings is 1. The summed E-state index contributed by atoms with van der Waals surface area (Å²) in [5, 5.41) is 6.09. The van der Waals surface area contributed by atoms with Crippen molar-refractivity contribution in [3.63, 3.8) is 0 Å². The number of nitrogens with zero attached hydrogens (tertiary/aromatic N) is 5. The van der Waals surface area contributed by atoms with Gasteiger partial charge in [-0.25, -0.2) is 19.7 Å². The van der Waals surface area contributed by atoms with Gasteiger partial charge in [-0.15, -0.1) is 0 Å². The number of pyridine rings is 1. The maximum atomic E-state index is 12.0. The highest BCUT2D eigenvalue weighted by atomic mass is 16.6. The zero-order valence-corrected chi connectivity index (χ0v) is 21.7. The van der Waals surface area contributed by atoms with E-state index in [9.17, 15) is 4.79 Å². The summed E-state index contributed by atoms with van der Waals surface area (Å²) < 4.78 is 5.31. The van der Waals surface area contributed by atoms with Gasteiger partial charge in [0.2, 0.25) is 0 Å². The number of hydrogen-bond acceptors (Lipinski definition) is 8. The molecule has 1 aromatic carbocycles. The third-order valence-electron chi connectivity index (χ3n) is 6.00. The molecule has 0 radical (unpaired) electrons. The minimum atomic E-state index is -0.524. The second-order valence-electron chi connectivity index (χ2n) is 10.1. The van der Waals surface area contributed by atoms with Gasteiger partial charge in [0.15, 0.2) is 0 Å². The number of ether oxygens (including phenoxy) is 1. The van der Waals surface area contributed by atoms with Gasteiger partial charge in [0.25, 0.3) is 0 Å². The van der Waals surface area contributed by atoms with Crippen molar-refractivity contribution in [1.29, 1.82) is 0 Å². The van der Waals surface area contributed by atoms with Crippen LogP contribution in [0.3, 0.4) is 0 Å². The predicted molar refractivity (Wildman–Crippen MR) is 143 cm³/mol. The number of aromatic nitrogens is 3. The number of carbonyl (C=O) groups excluding carboxylic acids is 1. The quantitative estimate of drug-likeness (QED) is 0.527. The molecule has 0 saturated carbocycles. The molecule has 36 heavy (non-hydrogen) atoms. The second kappa shape index (κ2) is 10.9. The molecular weight excluding hydrogens is 454 g/mol. The fraction of sp³-hybridized carbons (Fsp3) is 0.407. The molecule has 0 spiro atoms. The minimum absolute atomic E-state index is 0.396. The number of hydrogen-bond donors (Lipinski definition) is 2. The highest BCUT2D eigenvalue weighted by Crippen LogP contribution is 2.24. The molecule has 1 fully saturated rings. The van der Waals surface area contributed by atoms with Gasteiger partial charge in [-0.2, -0.15) is 0 Å². The van der Waals surface area contributed by atoms with Gasteiger partial charge in [-0.3, -0.25) is 0 Å². The summed E-state index contributed by atoms with van der Waals surface area (Å²) in [7, 11) is 2.15. The summed E-state index contributed by atoms with van der Waals surface area (Å²) in [6, 6.07) is 12.0. The van der Waals surface area contributed by atoms with Gasteiger partial charge >= 0.3 is 6.09 Å². The molecule has 1 aliphatic heterocycles. The predicted octanol–water partition coefficient (Wildman–Crippen LogP) is 4.37. The molecule has 9 nitrogen and oxygen atoms in total. The van der Waals surface area contributed by atoms with Crippen LogP contribution in [-0.2, 0) is 11.3 Å². The second-order valence-corrected chi connectivity index (χ2v) is 10.1. The number of aryl methyl sites for hydroxylation is 1. The van der Waals surface area contributed by atoms with Gasteiger partial charge in [-0.05, 0) is 64.1 Å². The van der Waals surface area contributed by atoms with Gasteiger partial charge in [-0.1, -0.05) is 12.1 Å². The number of likely N-dealkylation sites (N-methyl/N-ethyl adjacent to an activating group) is 1. The van der Waals surface area contributed by atoms with Gasteiger partial charge in [0, 0.05) is 44.4 Å². The summed E-state index contributed by atoms with van der Waals surface area (Å²) in [6.07, 6.45) is 3.02. The largest absolute Gasteiger partial charge is 0.444 e. The van der Waals surface area contributed by atoms with E-state index in [1.54, 1.807) is 6.33 Å². The zero-order valence-electron chi connectivity index (χ0n) is 21.7. The Morgan fingerprint density at radius 2 is 1.78 bits per heavy atom. The van der Waals surface area contributed by atoms with Crippen LogP contribution in [0.15, 0.2) is 48.9 Å². The molecule has 0 unspecified atom stereocenters. The van der Waals surface area contributed by atoms with Crippen LogP contribution in [0.4, 0.5) is 22.1 Å². The van der Waals surface area contributed by atoms with E-state index in [1.807, 2.05) is 58.2 Å². The number of carbonyl (C=O) groups is 1. The van der Waals surface area contributed by atoms with E-state index in [1.165, 1.54) is 0 Å². The maximum Gasteiger partial charge on any atom is 0.407 e. The number of nitrogens with one attached hydrogen (secondary N) is 2. The van der Waals surface area contributed by atoms with Crippen molar-refractivity contribution in [2.24, 2.45) is 0 Å². The number of rotatable bonds is 6. The van der Waals surface area contributed by atoms with E-state index < -0.39 is 11.7 Å². The summed E-state index contributed by atoms with van der Waals surface area (Å²) in [5.74, 6) is 1.41. The first-order valence-corrected chi connectivity index (χ1v) is 12.2. The molecule has 1 aliphatic rings. The molecule has 2 N–H and O–H groups in total. The average molecular weight is 490 g/mol. The molecule has 0 atom stereocenters. The van der Waals surface area contributed by atoms with Crippen molar-refractivity contribution in [1.82, 2.24) is 25.2 Å². The van der Waals surface area contributed by atoms with Crippen LogP contribution in [0.1, 0.15) is 31.9 Å². The van der Waals surface area contributed by atoms with Crippen LogP contribution in [0.25, 0.3) is 11.3 Å². The van der Waals surface area contributed by atoms with Gasteiger partial charge in [0.05, 0.1) is 17.6 Å². The molecule has 0 aliphatic carbocycles. The average Bonchev–Trinajstić information content (AvgIpc) is 2.83. The third-order valence-corrected chi connectivity index (χ3v) is 6.00. The number of alkyl carbamates (subject to hydrolysis) is 1. The Balaban J connectivity index is 1.39. The van der Waals surface area contributed by atoms with Crippen molar-refractivity contribution in [2.75, 3.05) is 43.4 Å². The lowest BCUT2D eigenvalue weighted by Gasteiger charge is -2.33. The number of amides is 1. The number of benzene rings is 1. The molecule has 1 amide bonds. The Morgan fingerprint density at radius 3 is 2.44 bits per heavy atom. The summed E-state index contributed by atoms with van der Waals surface area (Å²) in [4.78, 5) is 30.0. The highest BCUT2D eigenvalue weighted by Gasteiger charge is 2.16. The Labute approximate surface area is 212 Å². The van der Waals surface area contributed by atoms with E-state index in [0.29, 0.717) is 12.4 Å². The lowest BCUT2D eigenvalue weighted by Crippen LogP contribution is -2.44. The molecule has 9 heteroatoms. The normalized spacial score (nSPS) is 14.4. The van der Waals surface area contributed by atoms with Crippen molar-refractivity contribution in [3.8, 4) is 11.3 Å². The highest BCUT2D eigenvalue weighted by molar-refractivity contribution is 5.68. The Bertz CT molecular complexity index is 1180. The van der Waals surface area contributed by atoms with Crippen LogP contribution >= 0.6 is 0 Å². The van der Waals surface area contributed by atoms with Crippen LogP contribution in [0, 0.1) is 6.92 Å². The lowest BCUT2D eigenvalue weighted by molar-refractivity contribution is 0.0523. The molecule has 0 bridgehead atoms. The SMILES string of the molecule is Cc1cc(-c2cc(Nc3ccc(N4CCN(C)CC4)cn3)ncn2)ccc1CNC(=O)OC(C)(C)C. The van der Waals surface area contributed by atoms with E-state index in [2.05, 4.69) is 54.6 Å². The molecule has 3 heterocycles. The van der Waals surface area contributed by atoms with Crippen LogP contribution in [0.2, 0.25) is 0 Å². The van der Waals surface area contributed by atoms with E-state index in [0.717, 1.165) is 60.1 Å². The van der Waals surface area contributed by atoms with Crippen LogP contribution in [-0.4, -0.2) is 64.8 Å². The Hall–Kier alpha value is -3.72. The minimum Gasteiger partial charge on any atom is -0.444 e. The summed E-state index contributed by atoms with van der Waals surface area (Å²) in [6.45, 7) is 12.1. The molecule has 4 rings (SSSR count). The molecule has 3 aromatic rings. The van der Waals surface area contributed by atoms with Crippen molar-refractivity contribution in [3.05, 3.63) is 60.0 Å². The standard InChI is InChI=1S/C27H35N7O2/c1-19-14-20(6-7-21(19)16-29-26(35)36-27(2,3)4)23-15-25(31-18-30-23)32-24-9-8-22(17-28-24)34-12-10-33(5)11-13-34/h6-9,14-15,17-18H,10-13,16H2,1-5H3,(H,29,35)(H,28,30,31,32). The monoisotopic (exact) mass is 489 g/mol. The first kappa shape index (κ1) is 25.4. The Kier molecular flexibility index (Phi) is 7.69. The molecule has 2 aromatic heterocycles. The van der Waals surface area contributed by atoms with Gasteiger partial charge in [0.1, 0.15) is 23.6 Å². The molecular formula is C27H35N7O2. The fourth-order valence-corrected chi connectivity index (χ4v) is 3.96. The van der Waals surface area contributed by atoms with Crippen molar-refractivity contribution < 1.29 is 9.53 Å². The summed E-state index contributed by atoms with van der Waals surface area (Å²) >= 11 is 0. The first-order valence-electron chi connectivity index (χ1n) is 12.2. The number of anilines is 3. The molecule has 1 saturated heterocycles. The zero-order chi connectivity index (χ0) is 25.7. The topological polar surface area (TPSA) is 95.5 Å². The summed E-state index contributed by atoms with van der Waals surface area (Å²) in [5.41, 5.74) is 4.45. The first-order chi connectivity index (χ1) is 17.2. The third kappa shape index (κ3) is 6.91. The van der Waals surface area contributed by atoms with E-state index >= 15 is 0 Å². The van der Waals surface area contributed by atoms with E-state index in [-0.39, 0.29) is 0 Å².